The van der Waals surface area contributed by atoms with Gasteiger partial charge in [-0.3, -0.25) is 4.79 Å². The minimum Gasteiger partial charge on any atom is -0.497 e. The Bertz CT molecular complexity index is 1010. The van der Waals surface area contributed by atoms with Crippen LogP contribution in [0.2, 0.25) is 0 Å². The summed E-state index contributed by atoms with van der Waals surface area (Å²) in [6.07, 6.45) is 0. The van der Waals surface area contributed by atoms with Gasteiger partial charge < -0.3 is 19.2 Å². The highest BCUT2D eigenvalue weighted by molar-refractivity contribution is 5.92. The van der Waals surface area contributed by atoms with Crippen LogP contribution < -0.4 is 20.5 Å². The maximum atomic E-state index is 13.0. The van der Waals surface area contributed by atoms with Crippen molar-refractivity contribution in [2.45, 2.75) is 6.54 Å². The van der Waals surface area contributed by atoms with E-state index in [1.54, 1.807) is 18.2 Å². The summed E-state index contributed by atoms with van der Waals surface area (Å²) in [5, 5.41) is 6.60. The molecule has 0 aliphatic rings. The zero-order valence-corrected chi connectivity index (χ0v) is 14.6. The molecule has 1 aromatic heterocycles. The molecule has 0 saturated heterocycles. The molecular weight excluding hydrogens is 357 g/mol. The number of nitrogens with zero attached hydrogens (tertiary/aromatic N) is 2. The number of methoxy groups -OCH3 is 2. The molecule has 0 aliphatic carbocycles. The van der Waals surface area contributed by atoms with Crippen LogP contribution in [-0.4, -0.2) is 29.9 Å². The number of nitrogens with one attached hydrogen (secondary N) is 1. The van der Waals surface area contributed by atoms with Crippen molar-refractivity contribution >= 4 is 11.6 Å². The third kappa shape index (κ3) is 4.14. The molecule has 3 rings (SSSR count). The second kappa shape index (κ2) is 7.73. The van der Waals surface area contributed by atoms with E-state index < -0.39 is 17.5 Å². The molecular formula is C18H16FN3O5. The second-order valence-electron chi connectivity index (χ2n) is 5.45. The standard InChI is InChI=1S/C18H16FN3O5/c1-25-13-7-8-14(15(9-13)26-2)20-16(23)10-22-18(24)27-17(21-22)11-3-5-12(19)6-4-11/h3-9H,10H2,1-2H3,(H,20,23). The van der Waals surface area contributed by atoms with Crippen molar-refractivity contribution in [3.05, 3.63) is 58.8 Å². The fourth-order valence-corrected chi connectivity index (χ4v) is 2.34. The van der Waals surface area contributed by atoms with Gasteiger partial charge in [-0.15, -0.1) is 5.10 Å². The number of aromatic nitrogens is 2. The van der Waals surface area contributed by atoms with Crippen molar-refractivity contribution in [2.75, 3.05) is 19.5 Å². The Kier molecular flexibility index (Phi) is 5.20. The van der Waals surface area contributed by atoms with Gasteiger partial charge in [-0.1, -0.05) is 0 Å². The van der Waals surface area contributed by atoms with Crippen molar-refractivity contribution in [3.63, 3.8) is 0 Å². The second-order valence-corrected chi connectivity index (χ2v) is 5.45. The minimum atomic E-state index is -0.800. The predicted octanol–water partition coefficient (Wildman–Crippen LogP) is 2.30. The fourth-order valence-electron chi connectivity index (χ4n) is 2.34. The molecule has 0 spiro atoms. The van der Waals surface area contributed by atoms with Crippen LogP contribution in [-0.2, 0) is 11.3 Å². The van der Waals surface area contributed by atoms with Gasteiger partial charge in [0.15, 0.2) is 0 Å². The van der Waals surface area contributed by atoms with E-state index in [9.17, 15) is 14.0 Å². The maximum Gasteiger partial charge on any atom is 0.437 e. The Morgan fingerprint density at radius 1 is 1.19 bits per heavy atom. The Morgan fingerprint density at radius 3 is 2.59 bits per heavy atom. The summed E-state index contributed by atoms with van der Waals surface area (Å²) in [4.78, 5) is 24.2. The van der Waals surface area contributed by atoms with Crippen LogP contribution in [0.25, 0.3) is 11.5 Å². The first-order valence-electron chi connectivity index (χ1n) is 7.86. The molecule has 9 heteroatoms. The minimum absolute atomic E-state index is 0.00479. The smallest absolute Gasteiger partial charge is 0.437 e. The zero-order chi connectivity index (χ0) is 19.4. The quantitative estimate of drug-likeness (QED) is 0.712. The number of carbonyl (C=O) groups excluding carboxylic acids is 1. The number of amides is 1. The lowest BCUT2D eigenvalue weighted by Crippen LogP contribution is -2.26. The highest BCUT2D eigenvalue weighted by atomic mass is 19.1. The van der Waals surface area contributed by atoms with Gasteiger partial charge in [0.2, 0.25) is 11.8 Å². The third-order valence-electron chi connectivity index (χ3n) is 3.67. The lowest BCUT2D eigenvalue weighted by Gasteiger charge is -2.11. The number of hydrogen-bond acceptors (Lipinski definition) is 6. The number of benzene rings is 2. The van der Waals surface area contributed by atoms with Gasteiger partial charge in [-0.25, -0.2) is 9.18 Å². The zero-order valence-electron chi connectivity index (χ0n) is 14.6. The van der Waals surface area contributed by atoms with E-state index in [1.165, 1.54) is 38.5 Å². The first kappa shape index (κ1) is 18.2. The molecule has 0 atom stereocenters. The molecule has 0 fully saturated rings. The predicted molar refractivity (Wildman–Crippen MR) is 94.3 cm³/mol. The van der Waals surface area contributed by atoms with Gasteiger partial charge in [0.25, 0.3) is 0 Å². The summed E-state index contributed by atoms with van der Waals surface area (Å²) in [5.74, 6) is -0.752. The first-order valence-corrected chi connectivity index (χ1v) is 7.86. The first-order chi connectivity index (χ1) is 13.0. The van der Waals surface area contributed by atoms with Crippen LogP contribution in [0.4, 0.5) is 10.1 Å². The van der Waals surface area contributed by atoms with Crippen molar-refractivity contribution in [3.8, 4) is 23.0 Å². The van der Waals surface area contributed by atoms with E-state index in [-0.39, 0.29) is 12.4 Å². The Balaban J connectivity index is 1.75. The van der Waals surface area contributed by atoms with Gasteiger partial charge in [-0.05, 0) is 36.4 Å². The van der Waals surface area contributed by atoms with Gasteiger partial charge in [0.1, 0.15) is 23.9 Å². The average molecular weight is 373 g/mol. The van der Waals surface area contributed by atoms with Gasteiger partial charge >= 0.3 is 5.76 Å². The Labute approximate surface area is 153 Å². The van der Waals surface area contributed by atoms with E-state index in [4.69, 9.17) is 13.9 Å². The SMILES string of the molecule is COc1ccc(NC(=O)Cn2nc(-c3ccc(F)cc3)oc2=O)c(OC)c1. The van der Waals surface area contributed by atoms with Crippen LogP contribution in [0.3, 0.4) is 0 Å². The van der Waals surface area contributed by atoms with Crippen molar-refractivity contribution < 1.29 is 23.1 Å². The molecule has 0 unspecified atom stereocenters. The molecule has 0 radical (unpaired) electrons. The Hall–Kier alpha value is -3.62. The van der Waals surface area contributed by atoms with Crippen LogP contribution in [0.15, 0.2) is 51.7 Å². The fraction of sp³-hybridized carbons (Fsp3) is 0.167. The van der Waals surface area contributed by atoms with E-state index in [1.807, 2.05) is 0 Å². The third-order valence-corrected chi connectivity index (χ3v) is 3.67. The molecule has 1 amide bonds. The maximum absolute atomic E-state index is 13.0. The monoisotopic (exact) mass is 373 g/mol. The molecule has 8 nitrogen and oxygen atoms in total. The van der Waals surface area contributed by atoms with Crippen LogP contribution in [0.1, 0.15) is 0 Å². The molecule has 0 saturated carbocycles. The number of ether oxygens (including phenoxy) is 2. The van der Waals surface area contributed by atoms with E-state index in [0.29, 0.717) is 22.7 Å². The van der Waals surface area contributed by atoms with Crippen LogP contribution in [0, 0.1) is 5.82 Å². The van der Waals surface area contributed by atoms with Crippen molar-refractivity contribution in [1.29, 1.82) is 0 Å². The molecule has 0 aliphatic heterocycles. The van der Waals surface area contributed by atoms with E-state index >= 15 is 0 Å². The van der Waals surface area contributed by atoms with Crippen LogP contribution >= 0.6 is 0 Å². The molecule has 140 valence electrons. The van der Waals surface area contributed by atoms with Gasteiger partial charge in [0.05, 0.1) is 19.9 Å². The summed E-state index contributed by atoms with van der Waals surface area (Å²) in [6.45, 7) is -0.362. The van der Waals surface area contributed by atoms with E-state index in [2.05, 4.69) is 10.4 Å². The molecule has 1 N–H and O–H groups in total. The molecule has 0 bridgehead atoms. The number of anilines is 1. The average Bonchev–Trinajstić information content (AvgIpc) is 3.03. The summed E-state index contributed by atoms with van der Waals surface area (Å²) >= 11 is 0. The summed E-state index contributed by atoms with van der Waals surface area (Å²) in [6, 6.07) is 10.2. The molecule has 3 aromatic rings. The highest BCUT2D eigenvalue weighted by Gasteiger charge is 2.15. The lowest BCUT2D eigenvalue weighted by atomic mass is 10.2. The summed E-state index contributed by atoms with van der Waals surface area (Å²) < 4.78 is 29.2. The van der Waals surface area contributed by atoms with E-state index in [0.717, 1.165) is 4.68 Å². The number of hydrogen-bond donors (Lipinski definition) is 1. The topological polar surface area (TPSA) is 95.6 Å². The molecule has 2 aromatic carbocycles. The molecule has 27 heavy (non-hydrogen) atoms. The number of halogens is 1. The lowest BCUT2D eigenvalue weighted by molar-refractivity contribution is -0.117. The summed E-state index contributed by atoms with van der Waals surface area (Å²) in [5.41, 5.74) is 0.836. The molecule has 1 heterocycles. The normalized spacial score (nSPS) is 10.5. The van der Waals surface area contributed by atoms with Crippen molar-refractivity contribution in [1.82, 2.24) is 9.78 Å². The number of rotatable bonds is 6. The van der Waals surface area contributed by atoms with Gasteiger partial charge in [-0.2, -0.15) is 4.68 Å². The largest absolute Gasteiger partial charge is 0.497 e. The summed E-state index contributed by atoms with van der Waals surface area (Å²) in [7, 11) is 2.98. The Morgan fingerprint density at radius 2 is 1.93 bits per heavy atom. The van der Waals surface area contributed by atoms with Gasteiger partial charge in [0, 0.05) is 11.6 Å². The van der Waals surface area contributed by atoms with Crippen LogP contribution in [0.5, 0.6) is 11.5 Å². The number of carbonyl (C=O) groups is 1. The van der Waals surface area contributed by atoms with Crippen molar-refractivity contribution in [2.24, 2.45) is 0 Å². The highest BCUT2D eigenvalue weighted by Crippen LogP contribution is 2.29.